The number of rotatable bonds is 6. The molecule has 3 aromatic rings. The molecule has 2 aromatic heterocycles. The van der Waals surface area contributed by atoms with E-state index in [9.17, 15) is 9.59 Å². The second kappa shape index (κ2) is 9.21. The third-order valence-electron chi connectivity index (χ3n) is 5.94. The number of halogens is 2. The predicted molar refractivity (Wildman–Crippen MR) is 141 cm³/mol. The first-order valence-corrected chi connectivity index (χ1v) is 12.3. The summed E-state index contributed by atoms with van der Waals surface area (Å²) in [7, 11) is 1.82. The molecule has 4 rings (SSSR count). The van der Waals surface area contributed by atoms with Gasteiger partial charge in [-0.3, -0.25) is 14.7 Å². The number of likely N-dealkylation sites (tertiary alicyclic amines) is 1. The van der Waals surface area contributed by atoms with Crippen molar-refractivity contribution in [2.24, 2.45) is 7.05 Å². The van der Waals surface area contributed by atoms with Crippen molar-refractivity contribution in [3.05, 3.63) is 50.6 Å². The normalized spacial score (nSPS) is 14.2. The molecule has 0 atom stereocenters. The number of hydrogen-bond donors (Lipinski definition) is 3. The van der Waals surface area contributed by atoms with E-state index >= 15 is 0 Å². The van der Waals surface area contributed by atoms with E-state index in [0.29, 0.717) is 45.7 Å². The van der Waals surface area contributed by atoms with Gasteiger partial charge in [0.15, 0.2) is 5.82 Å². The average molecular weight is 596 g/mol. The van der Waals surface area contributed by atoms with Crippen LogP contribution in [0.25, 0.3) is 10.9 Å². The third-order valence-corrected chi connectivity index (χ3v) is 7.00. The molecular formula is C23H27ClIN7O2. The Kier molecular flexibility index (Phi) is 6.65. The van der Waals surface area contributed by atoms with E-state index in [1.807, 2.05) is 13.1 Å². The van der Waals surface area contributed by atoms with Crippen molar-refractivity contribution in [2.45, 2.75) is 38.8 Å². The van der Waals surface area contributed by atoms with Gasteiger partial charge >= 0.3 is 0 Å². The molecule has 1 aliphatic rings. The van der Waals surface area contributed by atoms with Gasteiger partial charge in [0, 0.05) is 30.5 Å². The summed E-state index contributed by atoms with van der Waals surface area (Å²) in [4.78, 5) is 30.7. The summed E-state index contributed by atoms with van der Waals surface area (Å²) in [6, 6.07) is 3.87. The second-order valence-electron chi connectivity index (χ2n) is 9.40. The van der Waals surface area contributed by atoms with Gasteiger partial charge in [-0.05, 0) is 51.8 Å². The van der Waals surface area contributed by atoms with E-state index in [1.54, 1.807) is 9.47 Å². The lowest BCUT2D eigenvalue weighted by Gasteiger charge is -2.38. The Morgan fingerprint density at radius 1 is 1.35 bits per heavy atom. The quantitative estimate of drug-likeness (QED) is 0.298. The van der Waals surface area contributed by atoms with Crippen LogP contribution in [0.3, 0.4) is 0 Å². The van der Waals surface area contributed by atoms with Gasteiger partial charge in [0.1, 0.15) is 15.2 Å². The highest BCUT2D eigenvalue weighted by atomic mass is 127. The highest BCUT2D eigenvalue weighted by Crippen LogP contribution is 2.34. The number of carbonyl (C=O) groups excluding carboxylic acids is 2. The number of carbonyl (C=O) groups is 2. The molecule has 0 radical (unpaired) electrons. The fraction of sp³-hybridized carbons (Fsp3) is 0.391. The minimum atomic E-state index is -0.212. The fourth-order valence-corrected chi connectivity index (χ4v) is 5.29. The van der Waals surface area contributed by atoms with Gasteiger partial charge in [0.2, 0.25) is 5.91 Å². The molecule has 9 nitrogen and oxygen atoms in total. The summed E-state index contributed by atoms with van der Waals surface area (Å²) >= 11 is 8.55. The Hall–Kier alpha value is -2.60. The smallest absolute Gasteiger partial charge is 0.271 e. The zero-order valence-corrected chi connectivity index (χ0v) is 22.4. The standard InChI is InChI=1S/C23H27ClIN7O2/c1-6-18(33)32-10-12(11-32)27-22(34)19-20(25)28-17(31(19)5)9-26-21-13-7-14(23(2,3)4)15(24)8-16(13)29-30-21/h6-8,12H,1,9-11H2,2-5H3,(H,27,34)(H2,26,29,30). The van der Waals surface area contributed by atoms with Crippen molar-refractivity contribution >= 4 is 62.7 Å². The van der Waals surface area contributed by atoms with Gasteiger partial charge in [-0.15, -0.1) is 0 Å². The van der Waals surface area contributed by atoms with Gasteiger partial charge in [0.05, 0.1) is 18.1 Å². The van der Waals surface area contributed by atoms with Crippen molar-refractivity contribution in [1.82, 2.24) is 30.0 Å². The van der Waals surface area contributed by atoms with Crippen LogP contribution < -0.4 is 10.6 Å². The molecule has 3 N–H and O–H groups in total. The fourth-order valence-electron chi connectivity index (χ4n) is 3.96. The molecule has 34 heavy (non-hydrogen) atoms. The summed E-state index contributed by atoms with van der Waals surface area (Å²) in [5, 5.41) is 15.4. The predicted octanol–water partition coefficient (Wildman–Crippen LogP) is 3.59. The molecule has 0 saturated carbocycles. The molecule has 11 heteroatoms. The molecule has 1 aromatic carbocycles. The molecule has 0 aliphatic carbocycles. The number of nitrogens with zero attached hydrogens (tertiary/aromatic N) is 4. The van der Waals surface area contributed by atoms with Gasteiger partial charge in [-0.1, -0.05) is 39.0 Å². The molecular weight excluding hydrogens is 569 g/mol. The van der Waals surface area contributed by atoms with Crippen LogP contribution in [0.4, 0.5) is 5.82 Å². The second-order valence-corrected chi connectivity index (χ2v) is 10.8. The Bertz CT molecular complexity index is 1280. The Morgan fingerprint density at radius 3 is 2.71 bits per heavy atom. The number of H-pyrrole nitrogens is 1. The van der Waals surface area contributed by atoms with Crippen LogP contribution in [0.1, 0.15) is 42.6 Å². The maximum atomic E-state index is 12.9. The summed E-state index contributed by atoms with van der Waals surface area (Å²) < 4.78 is 2.39. The maximum absolute atomic E-state index is 12.9. The monoisotopic (exact) mass is 595 g/mol. The lowest BCUT2D eigenvalue weighted by Crippen LogP contribution is -2.60. The topological polar surface area (TPSA) is 108 Å². The van der Waals surface area contributed by atoms with Crippen molar-refractivity contribution in [3.8, 4) is 0 Å². The number of imidazole rings is 1. The first kappa shape index (κ1) is 24.5. The van der Waals surface area contributed by atoms with Crippen LogP contribution in [-0.2, 0) is 23.8 Å². The van der Waals surface area contributed by atoms with E-state index in [0.717, 1.165) is 16.5 Å². The SMILES string of the molecule is C=CC(=O)N1CC(NC(=O)c2c(I)nc(CNc3n[nH]c4cc(Cl)c(C(C)(C)C)cc34)n2C)C1. The summed E-state index contributed by atoms with van der Waals surface area (Å²) in [6.45, 7) is 11.2. The van der Waals surface area contributed by atoms with Crippen LogP contribution in [-0.4, -0.2) is 55.6 Å². The zero-order valence-electron chi connectivity index (χ0n) is 19.5. The number of nitrogens with one attached hydrogen (secondary N) is 3. The number of aromatic nitrogens is 4. The number of amides is 2. The van der Waals surface area contributed by atoms with E-state index in [4.69, 9.17) is 11.6 Å². The molecule has 1 fully saturated rings. The van der Waals surface area contributed by atoms with Crippen LogP contribution in [0.5, 0.6) is 0 Å². The number of fused-ring (bicyclic) bond motifs is 1. The van der Waals surface area contributed by atoms with E-state index in [1.165, 1.54) is 6.08 Å². The van der Waals surface area contributed by atoms with Gasteiger partial charge in [0.25, 0.3) is 5.91 Å². The van der Waals surface area contributed by atoms with Crippen LogP contribution >= 0.6 is 34.2 Å². The van der Waals surface area contributed by atoms with E-state index < -0.39 is 0 Å². The van der Waals surface area contributed by atoms with Crippen molar-refractivity contribution in [1.29, 1.82) is 0 Å². The summed E-state index contributed by atoms with van der Waals surface area (Å²) in [6.07, 6.45) is 1.28. The number of hydrogen-bond acceptors (Lipinski definition) is 5. The van der Waals surface area contributed by atoms with Crippen LogP contribution in [0.2, 0.25) is 5.02 Å². The van der Waals surface area contributed by atoms with Crippen molar-refractivity contribution in [2.75, 3.05) is 18.4 Å². The Balaban J connectivity index is 1.47. The zero-order chi connectivity index (χ0) is 24.8. The number of aromatic amines is 1. The minimum absolute atomic E-state index is 0.0806. The van der Waals surface area contributed by atoms with Gasteiger partial charge in [-0.25, -0.2) is 4.98 Å². The highest BCUT2D eigenvalue weighted by Gasteiger charge is 2.32. The molecule has 0 spiro atoms. The lowest BCUT2D eigenvalue weighted by molar-refractivity contribution is -0.130. The molecule has 0 unspecified atom stereocenters. The van der Waals surface area contributed by atoms with Gasteiger partial charge in [-0.2, -0.15) is 5.10 Å². The van der Waals surface area contributed by atoms with Crippen molar-refractivity contribution < 1.29 is 9.59 Å². The number of anilines is 1. The third kappa shape index (κ3) is 4.65. The van der Waals surface area contributed by atoms with Crippen molar-refractivity contribution in [3.63, 3.8) is 0 Å². The first-order chi connectivity index (χ1) is 16.0. The Morgan fingerprint density at radius 2 is 2.06 bits per heavy atom. The maximum Gasteiger partial charge on any atom is 0.271 e. The largest absolute Gasteiger partial charge is 0.361 e. The van der Waals surface area contributed by atoms with Crippen LogP contribution in [0, 0.1) is 3.70 Å². The Labute approximate surface area is 216 Å². The average Bonchev–Trinajstić information content (AvgIpc) is 3.25. The minimum Gasteiger partial charge on any atom is -0.361 e. The highest BCUT2D eigenvalue weighted by molar-refractivity contribution is 14.1. The lowest BCUT2D eigenvalue weighted by atomic mass is 9.86. The number of benzene rings is 1. The molecule has 180 valence electrons. The van der Waals surface area contributed by atoms with Crippen LogP contribution in [0.15, 0.2) is 24.8 Å². The summed E-state index contributed by atoms with van der Waals surface area (Å²) in [5.74, 6) is 1.06. The summed E-state index contributed by atoms with van der Waals surface area (Å²) in [5.41, 5.74) is 2.27. The molecule has 3 heterocycles. The molecule has 1 saturated heterocycles. The molecule has 0 bridgehead atoms. The van der Waals surface area contributed by atoms with E-state index in [-0.39, 0.29) is 23.3 Å². The van der Waals surface area contributed by atoms with E-state index in [2.05, 4.69) is 81.8 Å². The molecule has 1 aliphatic heterocycles. The first-order valence-electron chi connectivity index (χ1n) is 10.8. The molecule has 2 amide bonds. The van der Waals surface area contributed by atoms with Gasteiger partial charge < -0.3 is 20.1 Å².